The minimum Gasteiger partial charge on any atom is -0.302 e. The molecule has 1 unspecified atom stereocenters. The summed E-state index contributed by atoms with van der Waals surface area (Å²) < 4.78 is 0. The van der Waals surface area contributed by atoms with Crippen LogP contribution >= 0.6 is 0 Å². The van der Waals surface area contributed by atoms with Crippen molar-refractivity contribution in [1.82, 2.24) is 5.06 Å². The van der Waals surface area contributed by atoms with Gasteiger partial charge in [-0.3, -0.25) is 0 Å². The predicted molar refractivity (Wildman–Crippen MR) is 44.1 cm³/mol. The zero-order valence-corrected chi connectivity index (χ0v) is 7.25. The van der Waals surface area contributed by atoms with Crippen molar-refractivity contribution in [3.8, 4) is 0 Å². The van der Waals surface area contributed by atoms with Crippen LogP contribution in [0.4, 0.5) is 0 Å². The highest BCUT2D eigenvalue weighted by Gasteiger charge is 2.36. The Kier molecular flexibility index (Phi) is 2.14. The van der Waals surface area contributed by atoms with Crippen LogP contribution in [0.2, 0.25) is 0 Å². The zero-order chi connectivity index (χ0) is 7.68. The number of nitrogens with zero attached hydrogens (tertiary/aromatic N) is 1. The van der Waals surface area contributed by atoms with Gasteiger partial charge in [-0.2, -0.15) is 5.06 Å². The van der Waals surface area contributed by atoms with Gasteiger partial charge in [-0.15, -0.1) is 0 Å². The van der Waals surface area contributed by atoms with Crippen LogP contribution in [-0.2, 0) is 4.84 Å². The number of rotatable bonds is 2. The third kappa shape index (κ3) is 1.57. The molecule has 1 aliphatic heterocycles. The Balaban J connectivity index is 1.91. The van der Waals surface area contributed by atoms with E-state index < -0.39 is 0 Å². The molecule has 1 heterocycles. The first-order chi connectivity index (χ1) is 5.42. The van der Waals surface area contributed by atoms with Crippen molar-refractivity contribution >= 4 is 0 Å². The summed E-state index contributed by atoms with van der Waals surface area (Å²) in [5, 5.41) is 2.20. The molecule has 1 saturated heterocycles. The van der Waals surface area contributed by atoms with Gasteiger partial charge < -0.3 is 4.84 Å². The molecule has 0 amide bonds. The summed E-state index contributed by atoms with van der Waals surface area (Å²) in [4.78, 5) is 5.34. The lowest BCUT2D eigenvalue weighted by atomic mass is 10.0. The highest BCUT2D eigenvalue weighted by Crippen LogP contribution is 2.39. The molecule has 0 spiro atoms. The predicted octanol–water partition coefficient (Wildman–Crippen LogP) is 1.81. The van der Waals surface area contributed by atoms with Gasteiger partial charge in [0, 0.05) is 12.6 Å². The van der Waals surface area contributed by atoms with E-state index in [1.165, 1.54) is 32.1 Å². The smallest absolute Gasteiger partial charge is 0.0575 e. The average Bonchev–Trinajstić information content (AvgIpc) is 2.87. The van der Waals surface area contributed by atoms with Gasteiger partial charge in [0.1, 0.15) is 0 Å². The van der Waals surface area contributed by atoms with E-state index in [1.54, 1.807) is 7.11 Å². The Hall–Kier alpha value is -0.0800. The maximum Gasteiger partial charge on any atom is 0.0575 e. The molecular formula is C9H17NO. The summed E-state index contributed by atoms with van der Waals surface area (Å²) in [5.74, 6) is 0.968. The van der Waals surface area contributed by atoms with E-state index in [-0.39, 0.29) is 0 Å². The van der Waals surface area contributed by atoms with E-state index in [0.717, 1.165) is 18.5 Å². The second kappa shape index (κ2) is 3.11. The van der Waals surface area contributed by atoms with E-state index in [0.29, 0.717) is 0 Å². The number of piperidine rings is 1. The Morgan fingerprint density at radius 3 is 2.64 bits per heavy atom. The summed E-state index contributed by atoms with van der Waals surface area (Å²) in [5.41, 5.74) is 0. The number of hydrogen-bond acceptors (Lipinski definition) is 2. The molecule has 11 heavy (non-hydrogen) atoms. The molecule has 2 fully saturated rings. The molecule has 64 valence electrons. The van der Waals surface area contributed by atoms with Crippen molar-refractivity contribution in [3.63, 3.8) is 0 Å². The lowest BCUT2D eigenvalue weighted by Crippen LogP contribution is -2.39. The third-order valence-corrected chi connectivity index (χ3v) is 2.90. The summed E-state index contributed by atoms with van der Waals surface area (Å²) in [7, 11) is 1.81. The van der Waals surface area contributed by atoms with E-state index in [2.05, 4.69) is 5.06 Å². The van der Waals surface area contributed by atoms with Crippen molar-refractivity contribution in [1.29, 1.82) is 0 Å². The van der Waals surface area contributed by atoms with Crippen LogP contribution < -0.4 is 0 Å². The van der Waals surface area contributed by atoms with Gasteiger partial charge in [0.15, 0.2) is 0 Å². The minimum atomic E-state index is 0.758. The molecule has 0 bridgehead atoms. The van der Waals surface area contributed by atoms with Crippen LogP contribution in [0.3, 0.4) is 0 Å². The van der Waals surface area contributed by atoms with Gasteiger partial charge in [-0.05, 0) is 31.6 Å². The second-order valence-electron chi connectivity index (χ2n) is 3.72. The quantitative estimate of drug-likeness (QED) is 0.603. The molecule has 2 rings (SSSR count). The van der Waals surface area contributed by atoms with Crippen molar-refractivity contribution in [2.75, 3.05) is 13.7 Å². The van der Waals surface area contributed by atoms with Crippen molar-refractivity contribution in [3.05, 3.63) is 0 Å². The second-order valence-corrected chi connectivity index (χ2v) is 3.72. The van der Waals surface area contributed by atoms with Crippen molar-refractivity contribution in [2.45, 2.75) is 38.1 Å². The van der Waals surface area contributed by atoms with Crippen LogP contribution in [0.1, 0.15) is 32.1 Å². The summed E-state index contributed by atoms with van der Waals surface area (Å²) in [6.07, 6.45) is 6.95. The monoisotopic (exact) mass is 155 g/mol. The lowest BCUT2D eigenvalue weighted by molar-refractivity contribution is -0.179. The van der Waals surface area contributed by atoms with Crippen LogP contribution in [0.25, 0.3) is 0 Å². The first-order valence-electron chi connectivity index (χ1n) is 4.72. The van der Waals surface area contributed by atoms with Crippen LogP contribution in [0, 0.1) is 5.92 Å². The maximum atomic E-state index is 5.34. The molecule has 1 atom stereocenters. The van der Waals surface area contributed by atoms with Gasteiger partial charge in [-0.1, -0.05) is 6.42 Å². The molecule has 2 aliphatic rings. The summed E-state index contributed by atoms with van der Waals surface area (Å²) in [6, 6.07) is 0.758. The SMILES string of the molecule is CON1CCCCC1C1CC1. The van der Waals surface area contributed by atoms with Crippen molar-refractivity contribution < 1.29 is 4.84 Å². The minimum absolute atomic E-state index is 0.758. The lowest BCUT2D eigenvalue weighted by Gasteiger charge is -2.33. The highest BCUT2D eigenvalue weighted by molar-refractivity contribution is 4.87. The van der Waals surface area contributed by atoms with E-state index in [9.17, 15) is 0 Å². The Morgan fingerprint density at radius 1 is 1.18 bits per heavy atom. The fourth-order valence-electron chi connectivity index (χ4n) is 2.11. The average molecular weight is 155 g/mol. The largest absolute Gasteiger partial charge is 0.302 e. The highest BCUT2D eigenvalue weighted by atomic mass is 16.7. The van der Waals surface area contributed by atoms with Crippen LogP contribution in [-0.4, -0.2) is 24.8 Å². The Labute approximate surface area is 68.5 Å². The molecule has 1 aliphatic carbocycles. The Morgan fingerprint density at radius 2 is 2.00 bits per heavy atom. The molecule has 0 aromatic rings. The maximum absolute atomic E-state index is 5.34. The molecule has 1 saturated carbocycles. The number of hydrogen-bond donors (Lipinski definition) is 0. The Bertz CT molecular complexity index is 134. The molecule has 2 heteroatoms. The first kappa shape index (κ1) is 7.56. The molecular weight excluding hydrogens is 138 g/mol. The molecule has 0 aromatic carbocycles. The first-order valence-corrected chi connectivity index (χ1v) is 4.72. The van der Waals surface area contributed by atoms with Gasteiger partial charge in [0.25, 0.3) is 0 Å². The topological polar surface area (TPSA) is 12.5 Å². The van der Waals surface area contributed by atoms with Crippen LogP contribution in [0.5, 0.6) is 0 Å². The van der Waals surface area contributed by atoms with E-state index in [1.807, 2.05) is 0 Å². The molecule has 0 radical (unpaired) electrons. The van der Waals surface area contributed by atoms with Gasteiger partial charge >= 0.3 is 0 Å². The van der Waals surface area contributed by atoms with E-state index >= 15 is 0 Å². The van der Waals surface area contributed by atoms with Crippen molar-refractivity contribution in [2.24, 2.45) is 5.92 Å². The van der Waals surface area contributed by atoms with Gasteiger partial charge in [0.05, 0.1) is 7.11 Å². The zero-order valence-electron chi connectivity index (χ0n) is 7.25. The molecule has 2 nitrogen and oxygen atoms in total. The van der Waals surface area contributed by atoms with E-state index in [4.69, 9.17) is 4.84 Å². The van der Waals surface area contributed by atoms with Gasteiger partial charge in [-0.25, -0.2) is 0 Å². The van der Waals surface area contributed by atoms with Crippen LogP contribution in [0.15, 0.2) is 0 Å². The summed E-state index contributed by atoms with van der Waals surface area (Å²) in [6.45, 7) is 1.15. The molecule has 0 N–H and O–H groups in total. The van der Waals surface area contributed by atoms with Gasteiger partial charge in [0.2, 0.25) is 0 Å². The summed E-state index contributed by atoms with van der Waals surface area (Å²) >= 11 is 0. The number of hydroxylamine groups is 2. The normalized spacial score (nSPS) is 34.1. The molecule has 0 aromatic heterocycles. The standard InChI is InChI=1S/C9H17NO/c1-11-10-7-3-2-4-9(10)8-5-6-8/h8-9H,2-7H2,1H3. The fourth-order valence-corrected chi connectivity index (χ4v) is 2.11. The fraction of sp³-hybridized carbons (Fsp3) is 1.00. The third-order valence-electron chi connectivity index (χ3n) is 2.90.